The van der Waals surface area contributed by atoms with Crippen LogP contribution in [0.5, 0.6) is 11.6 Å². The Bertz CT molecular complexity index is 650. The van der Waals surface area contributed by atoms with Crippen molar-refractivity contribution in [1.82, 2.24) is 4.98 Å². The molecule has 0 amide bonds. The highest BCUT2D eigenvalue weighted by molar-refractivity contribution is 6.67. The molecule has 118 valence electrons. The fourth-order valence-corrected chi connectivity index (χ4v) is 1.77. The highest BCUT2D eigenvalue weighted by Crippen LogP contribution is 2.27. The van der Waals surface area contributed by atoms with Crippen molar-refractivity contribution in [2.24, 2.45) is 0 Å². The summed E-state index contributed by atoms with van der Waals surface area (Å²) in [6.07, 6.45) is 0. The molecule has 0 aliphatic carbocycles. The van der Waals surface area contributed by atoms with Crippen molar-refractivity contribution in [2.75, 3.05) is 6.61 Å². The number of hydrogen-bond acceptors (Lipinski definition) is 3. The van der Waals surface area contributed by atoms with Gasteiger partial charge in [0, 0.05) is 12.1 Å². The largest absolute Gasteiger partial charge is 0.436 e. The fraction of sp³-hybridized carbons (Fsp3) is 0.214. The molecule has 0 radical (unpaired) electrons. The maximum absolute atomic E-state index is 13.5. The monoisotopic (exact) mass is 367 g/mol. The van der Waals surface area contributed by atoms with E-state index in [2.05, 4.69) is 4.98 Å². The summed E-state index contributed by atoms with van der Waals surface area (Å²) in [4.78, 5) is 4.11. The van der Waals surface area contributed by atoms with E-state index in [1.54, 1.807) is 12.1 Å². The molecule has 0 fully saturated rings. The Balaban J connectivity index is 2.02. The Hall–Kier alpha value is -1.14. The zero-order valence-corrected chi connectivity index (χ0v) is 13.3. The van der Waals surface area contributed by atoms with Crippen molar-refractivity contribution < 1.29 is 18.3 Å². The third-order valence-electron chi connectivity index (χ3n) is 2.41. The molecule has 0 aliphatic heterocycles. The van der Waals surface area contributed by atoms with Crippen molar-refractivity contribution >= 4 is 34.8 Å². The van der Waals surface area contributed by atoms with E-state index < -0.39 is 15.4 Å². The molecular formula is C14H10Cl3F2NO2. The Kier molecular flexibility index (Phi) is 5.81. The Morgan fingerprint density at radius 3 is 2.55 bits per heavy atom. The molecule has 1 aromatic carbocycles. The van der Waals surface area contributed by atoms with E-state index in [9.17, 15) is 8.78 Å². The summed E-state index contributed by atoms with van der Waals surface area (Å²) in [5, 5.41) is 0. The summed E-state index contributed by atoms with van der Waals surface area (Å²) in [6.45, 7) is -0.00592. The van der Waals surface area contributed by atoms with Gasteiger partial charge in [-0.1, -0.05) is 40.9 Å². The number of nitrogens with zero attached hydrogens (tertiary/aromatic N) is 1. The molecule has 1 aromatic heterocycles. The summed E-state index contributed by atoms with van der Waals surface area (Å²) in [6, 6.07) is 7.85. The Labute approximate surface area is 140 Å². The first-order valence-corrected chi connectivity index (χ1v) is 7.20. The van der Waals surface area contributed by atoms with E-state index in [-0.39, 0.29) is 24.8 Å². The molecule has 0 saturated carbocycles. The lowest BCUT2D eigenvalue weighted by Crippen LogP contribution is -2.13. The summed E-state index contributed by atoms with van der Waals surface area (Å²) in [7, 11) is 0. The minimum absolute atomic E-state index is 0.0943. The third kappa shape index (κ3) is 5.57. The van der Waals surface area contributed by atoms with Gasteiger partial charge in [-0.05, 0) is 18.2 Å². The van der Waals surface area contributed by atoms with E-state index in [1.807, 2.05) is 0 Å². The maximum atomic E-state index is 13.5. The van der Waals surface area contributed by atoms with Gasteiger partial charge in [0.15, 0.2) is 11.6 Å². The number of pyridine rings is 1. The van der Waals surface area contributed by atoms with Gasteiger partial charge >= 0.3 is 0 Å². The lowest BCUT2D eigenvalue weighted by Gasteiger charge is -2.11. The predicted molar refractivity (Wildman–Crippen MR) is 80.6 cm³/mol. The first-order valence-electron chi connectivity index (χ1n) is 6.07. The van der Waals surface area contributed by atoms with E-state index >= 15 is 0 Å². The number of alkyl halides is 3. The molecule has 0 spiro atoms. The van der Waals surface area contributed by atoms with Crippen molar-refractivity contribution in [3.8, 4) is 11.6 Å². The van der Waals surface area contributed by atoms with E-state index in [4.69, 9.17) is 44.3 Å². The summed E-state index contributed by atoms with van der Waals surface area (Å²) < 4.78 is 35.3. The van der Waals surface area contributed by atoms with Crippen molar-refractivity contribution in [3.63, 3.8) is 0 Å². The van der Waals surface area contributed by atoms with Crippen molar-refractivity contribution in [1.29, 1.82) is 0 Å². The van der Waals surface area contributed by atoms with Gasteiger partial charge in [-0.25, -0.2) is 13.8 Å². The Morgan fingerprint density at radius 1 is 1.09 bits per heavy atom. The van der Waals surface area contributed by atoms with E-state index in [0.717, 1.165) is 12.1 Å². The highest BCUT2D eigenvalue weighted by Gasteiger charge is 2.19. The second kappa shape index (κ2) is 7.42. The predicted octanol–water partition coefficient (Wildman–Crippen LogP) is 5.04. The molecule has 22 heavy (non-hydrogen) atoms. The second-order valence-corrected chi connectivity index (χ2v) is 6.77. The van der Waals surface area contributed by atoms with Crippen LogP contribution in [0, 0.1) is 11.6 Å². The van der Waals surface area contributed by atoms with Gasteiger partial charge in [0.25, 0.3) is 0 Å². The number of ether oxygens (including phenoxy) is 2. The average molecular weight is 369 g/mol. The topological polar surface area (TPSA) is 31.4 Å². The van der Waals surface area contributed by atoms with Gasteiger partial charge < -0.3 is 9.47 Å². The fourth-order valence-electron chi connectivity index (χ4n) is 1.54. The molecule has 8 heteroatoms. The molecule has 2 rings (SSSR count). The summed E-state index contributed by atoms with van der Waals surface area (Å²) >= 11 is 16.7. The van der Waals surface area contributed by atoms with Crippen LogP contribution in [0.25, 0.3) is 0 Å². The number of halogens is 5. The standard InChI is InChI=1S/C14H10Cl3F2NO2/c15-14(16,17)8-21-7-10-2-1-3-13(20-10)22-12-5-4-9(18)6-11(12)19/h1-6H,7-8H2. The normalized spacial score (nSPS) is 11.5. The van der Waals surface area contributed by atoms with Crippen LogP contribution < -0.4 is 4.74 Å². The van der Waals surface area contributed by atoms with Crippen LogP contribution in [0.1, 0.15) is 5.69 Å². The minimum atomic E-state index is -1.51. The molecule has 3 nitrogen and oxygen atoms in total. The van der Waals surface area contributed by atoms with Gasteiger partial charge in [0.1, 0.15) is 5.82 Å². The molecule has 1 heterocycles. The zero-order chi connectivity index (χ0) is 16.2. The number of aromatic nitrogens is 1. The third-order valence-corrected chi connectivity index (χ3v) is 2.73. The van der Waals surface area contributed by atoms with E-state index in [0.29, 0.717) is 5.69 Å². The smallest absolute Gasteiger partial charge is 0.219 e. The summed E-state index contributed by atoms with van der Waals surface area (Å²) in [5.41, 5.74) is 0.509. The molecule has 2 aromatic rings. The van der Waals surface area contributed by atoms with Crippen LogP contribution in [0.15, 0.2) is 36.4 Å². The van der Waals surface area contributed by atoms with Crippen LogP contribution in [0.4, 0.5) is 8.78 Å². The first kappa shape index (κ1) is 17.2. The minimum Gasteiger partial charge on any atom is -0.436 e. The van der Waals surface area contributed by atoms with Crippen LogP contribution >= 0.6 is 34.8 Å². The van der Waals surface area contributed by atoms with Crippen LogP contribution in [-0.2, 0) is 11.3 Å². The van der Waals surface area contributed by atoms with E-state index in [1.165, 1.54) is 12.1 Å². The lowest BCUT2D eigenvalue weighted by atomic mass is 10.3. The highest BCUT2D eigenvalue weighted by atomic mass is 35.6. The molecular weight excluding hydrogens is 359 g/mol. The molecule has 0 N–H and O–H groups in total. The number of rotatable bonds is 5. The molecule has 0 atom stereocenters. The molecule has 0 unspecified atom stereocenters. The SMILES string of the molecule is Fc1ccc(Oc2cccc(COCC(Cl)(Cl)Cl)n2)c(F)c1. The van der Waals surface area contributed by atoms with Gasteiger partial charge in [-0.15, -0.1) is 0 Å². The van der Waals surface area contributed by atoms with Crippen LogP contribution in [0.3, 0.4) is 0 Å². The average Bonchev–Trinajstić information content (AvgIpc) is 2.41. The van der Waals surface area contributed by atoms with Crippen molar-refractivity contribution in [3.05, 3.63) is 53.7 Å². The maximum Gasteiger partial charge on any atom is 0.219 e. The molecule has 0 bridgehead atoms. The summed E-state index contributed by atoms with van der Waals surface area (Å²) in [5.74, 6) is -1.50. The molecule has 0 saturated heterocycles. The van der Waals surface area contributed by atoms with Crippen LogP contribution in [-0.4, -0.2) is 15.4 Å². The van der Waals surface area contributed by atoms with Gasteiger partial charge in [-0.3, -0.25) is 0 Å². The lowest BCUT2D eigenvalue weighted by molar-refractivity contribution is 0.123. The Morgan fingerprint density at radius 2 is 1.86 bits per heavy atom. The number of hydrogen-bond donors (Lipinski definition) is 0. The molecule has 0 aliphatic rings. The van der Waals surface area contributed by atoms with Crippen LogP contribution in [0.2, 0.25) is 0 Å². The van der Waals surface area contributed by atoms with Crippen molar-refractivity contribution in [2.45, 2.75) is 10.4 Å². The first-order chi connectivity index (χ1) is 10.3. The van der Waals surface area contributed by atoms with Gasteiger partial charge in [0.2, 0.25) is 9.67 Å². The second-order valence-electron chi connectivity index (χ2n) is 4.25. The quantitative estimate of drug-likeness (QED) is 0.693. The zero-order valence-electron chi connectivity index (χ0n) is 11.0. The number of benzene rings is 1. The van der Waals surface area contributed by atoms with Gasteiger partial charge in [-0.2, -0.15) is 0 Å². The van der Waals surface area contributed by atoms with Gasteiger partial charge in [0.05, 0.1) is 18.9 Å².